The Morgan fingerprint density at radius 2 is 1.02 bits per heavy atom. The lowest BCUT2D eigenvalue weighted by atomic mass is 9.93. The predicted molar refractivity (Wildman–Crippen MR) is 233 cm³/mol. The van der Waals surface area contributed by atoms with Crippen molar-refractivity contribution < 1.29 is 25.5 Å². The number of hydrogen-bond donors (Lipinski definition) is 6. The average molecular weight is 760 g/mol. The predicted octanol–water partition coefficient (Wildman–Crippen LogP) is 10.8. The second-order valence-electron chi connectivity index (χ2n) is 14.1. The number of phenols is 5. The molecule has 58 heavy (non-hydrogen) atoms. The lowest BCUT2D eigenvalue weighted by Gasteiger charge is -2.14. The number of amidine groups is 1. The number of para-hydroxylation sites is 2. The molecule has 1 aromatic heterocycles. The van der Waals surface area contributed by atoms with Crippen LogP contribution in [0.2, 0.25) is 0 Å². The molecule has 0 unspecified atom stereocenters. The summed E-state index contributed by atoms with van der Waals surface area (Å²) >= 11 is 0. The fourth-order valence-corrected chi connectivity index (χ4v) is 7.76. The van der Waals surface area contributed by atoms with E-state index in [4.69, 9.17) is 10.7 Å². The van der Waals surface area contributed by atoms with Gasteiger partial charge in [0.05, 0.1) is 22.3 Å². The molecule has 1 heterocycles. The SMILES string of the molecule is NC(=N/C(=C\Cc1ccc(-c2c(O)c(O)c(O)c(O)c2O)cc1)c1ccc(-c2ccc(-n3c4ccccc4c4ccccc43)cc2)c2ccccc12)c1ccccc1. The highest BCUT2D eigenvalue weighted by Crippen LogP contribution is 2.54. The van der Waals surface area contributed by atoms with Gasteiger partial charge in [0.15, 0.2) is 11.5 Å². The van der Waals surface area contributed by atoms with E-state index in [2.05, 4.69) is 102 Å². The first-order chi connectivity index (χ1) is 28.3. The normalized spacial score (nSPS) is 12.1. The number of aromatic nitrogens is 1. The topological polar surface area (TPSA) is 144 Å². The molecule has 0 saturated carbocycles. The minimum atomic E-state index is -1.00. The number of nitrogens with zero attached hydrogens (tertiary/aromatic N) is 2. The van der Waals surface area contributed by atoms with E-state index in [1.165, 1.54) is 10.8 Å². The van der Waals surface area contributed by atoms with Crippen molar-refractivity contribution in [2.24, 2.45) is 10.7 Å². The van der Waals surface area contributed by atoms with Gasteiger partial charge in [-0.05, 0) is 63.7 Å². The molecule has 0 spiro atoms. The summed E-state index contributed by atoms with van der Waals surface area (Å²) in [5.41, 5.74) is 15.6. The summed E-state index contributed by atoms with van der Waals surface area (Å²) in [7, 11) is 0. The highest BCUT2D eigenvalue weighted by atomic mass is 16.4. The summed E-state index contributed by atoms with van der Waals surface area (Å²) < 4.78 is 2.31. The molecule has 0 aliphatic rings. The van der Waals surface area contributed by atoms with Gasteiger partial charge in [0, 0.05) is 27.6 Å². The molecular weight excluding hydrogens is 723 g/mol. The Bertz CT molecular complexity index is 2990. The van der Waals surface area contributed by atoms with Crippen LogP contribution in [0.5, 0.6) is 28.7 Å². The summed E-state index contributed by atoms with van der Waals surface area (Å²) in [6.07, 6.45) is 2.46. The zero-order valence-electron chi connectivity index (χ0n) is 31.1. The monoisotopic (exact) mass is 759 g/mol. The molecule has 0 aliphatic carbocycles. The van der Waals surface area contributed by atoms with Gasteiger partial charge in [-0.2, -0.15) is 0 Å². The number of aliphatic imine (C=N–C) groups is 1. The van der Waals surface area contributed by atoms with E-state index in [1.807, 2.05) is 48.5 Å². The summed E-state index contributed by atoms with van der Waals surface area (Å²) in [5.74, 6) is -3.98. The molecule has 9 aromatic rings. The minimum absolute atomic E-state index is 0.205. The van der Waals surface area contributed by atoms with E-state index in [0.717, 1.165) is 55.3 Å². The van der Waals surface area contributed by atoms with Crippen LogP contribution in [0, 0.1) is 0 Å². The van der Waals surface area contributed by atoms with Crippen LogP contribution in [0.3, 0.4) is 0 Å². The lowest BCUT2D eigenvalue weighted by Crippen LogP contribution is -2.13. The second-order valence-corrected chi connectivity index (χ2v) is 14.1. The van der Waals surface area contributed by atoms with E-state index in [-0.39, 0.29) is 5.56 Å². The van der Waals surface area contributed by atoms with Crippen LogP contribution in [0.1, 0.15) is 16.7 Å². The second kappa shape index (κ2) is 14.6. The van der Waals surface area contributed by atoms with Gasteiger partial charge in [0.1, 0.15) is 5.84 Å². The molecule has 0 atom stereocenters. The Hall–Kier alpha value is -7.97. The minimum Gasteiger partial charge on any atom is -0.504 e. The Morgan fingerprint density at radius 3 is 1.64 bits per heavy atom. The van der Waals surface area contributed by atoms with Crippen LogP contribution >= 0.6 is 0 Å². The van der Waals surface area contributed by atoms with Crippen LogP contribution in [0.15, 0.2) is 175 Å². The molecule has 8 heteroatoms. The molecule has 8 aromatic carbocycles. The number of hydrogen-bond acceptors (Lipinski definition) is 6. The lowest BCUT2D eigenvalue weighted by molar-refractivity contribution is 0.330. The Morgan fingerprint density at radius 1 is 0.500 bits per heavy atom. The number of benzene rings is 8. The third kappa shape index (κ3) is 6.19. The van der Waals surface area contributed by atoms with Gasteiger partial charge in [-0.25, -0.2) is 4.99 Å². The van der Waals surface area contributed by atoms with Gasteiger partial charge in [0.2, 0.25) is 17.2 Å². The Balaban J connectivity index is 1.10. The van der Waals surface area contributed by atoms with Crippen molar-refractivity contribution >= 4 is 44.1 Å². The van der Waals surface area contributed by atoms with Crippen molar-refractivity contribution in [1.82, 2.24) is 4.57 Å². The largest absolute Gasteiger partial charge is 0.504 e. The summed E-state index contributed by atoms with van der Waals surface area (Å²) in [5, 5.41) is 55.4. The first-order valence-electron chi connectivity index (χ1n) is 18.8. The van der Waals surface area contributed by atoms with Crippen molar-refractivity contribution in [2.75, 3.05) is 0 Å². The fraction of sp³-hybridized carbons (Fsp3) is 0.0200. The first-order valence-corrected chi connectivity index (χ1v) is 18.8. The maximum absolute atomic E-state index is 10.5. The zero-order valence-corrected chi connectivity index (χ0v) is 31.1. The average Bonchev–Trinajstić information content (AvgIpc) is 3.61. The Labute approximate surface area is 333 Å². The van der Waals surface area contributed by atoms with Crippen LogP contribution in [-0.4, -0.2) is 35.9 Å². The van der Waals surface area contributed by atoms with Crippen molar-refractivity contribution in [1.29, 1.82) is 0 Å². The van der Waals surface area contributed by atoms with Crippen molar-refractivity contribution in [2.45, 2.75) is 6.42 Å². The molecule has 0 radical (unpaired) electrons. The Kier molecular flexibility index (Phi) is 8.99. The zero-order chi connectivity index (χ0) is 39.9. The first kappa shape index (κ1) is 35.7. The third-order valence-electron chi connectivity index (χ3n) is 10.7. The molecule has 9 rings (SSSR count). The maximum atomic E-state index is 10.5. The number of rotatable bonds is 8. The van der Waals surface area contributed by atoms with E-state index < -0.39 is 28.7 Å². The van der Waals surface area contributed by atoms with Gasteiger partial charge in [-0.3, -0.25) is 0 Å². The van der Waals surface area contributed by atoms with Crippen LogP contribution in [0.4, 0.5) is 0 Å². The number of nitrogens with two attached hydrogens (primary N) is 1. The smallest absolute Gasteiger partial charge is 0.208 e. The van der Waals surface area contributed by atoms with E-state index >= 15 is 0 Å². The summed E-state index contributed by atoms with van der Waals surface area (Å²) in [6.45, 7) is 0. The highest BCUT2D eigenvalue weighted by molar-refractivity contribution is 6.09. The van der Waals surface area contributed by atoms with E-state index in [1.54, 1.807) is 24.3 Å². The van der Waals surface area contributed by atoms with Crippen LogP contribution < -0.4 is 5.73 Å². The number of aromatic hydroxyl groups is 5. The highest BCUT2D eigenvalue weighted by Gasteiger charge is 2.24. The third-order valence-corrected chi connectivity index (χ3v) is 10.7. The molecule has 0 amide bonds. The molecule has 7 N–H and O–H groups in total. The van der Waals surface area contributed by atoms with Crippen LogP contribution in [0.25, 0.3) is 66.2 Å². The standard InChI is InChI=1S/C50H37N3O5/c51-50(33-10-2-1-3-11-33)52-41(29-20-30-18-21-32(22-19-30)44-45(54)47(56)49(58)48(57)46(44)55)38-28-27-35(36-12-4-5-13-37(36)38)31-23-25-34(26-24-31)53-42-16-8-6-14-39(42)40-15-7-9-17-43(40)53/h1-19,21-29,54-58H,20H2,(H2,51,52)/b41-29-. The molecular formula is C50H37N3O5. The van der Waals surface area contributed by atoms with Gasteiger partial charge < -0.3 is 35.8 Å². The van der Waals surface area contributed by atoms with Crippen LogP contribution in [-0.2, 0) is 6.42 Å². The fourth-order valence-electron chi connectivity index (χ4n) is 7.76. The van der Waals surface area contributed by atoms with E-state index in [9.17, 15) is 25.5 Å². The van der Waals surface area contributed by atoms with Crippen molar-refractivity contribution in [3.63, 3.8) is 0 Å². The molecule has 0 bridgehead atoms. The quantitative estimate of drug-likeness (QED) is 0.0394. The van der Waals surface area contributed by atoms with Crippen molar-refractivity contribution in [3.8, 4) is 56.7 Å². The van der Waals surface area contributed by atoms with Crippen molar-refractivity contribution in [3.05, 3.63) is 187 Å². The maximum Gasteiger partial charge on any atom is 0.208 e. The number of allylic oxidation sites excluding steroid dienone is 1. The molecule has 282 valence electrons. The molecule has 0 aliphatic heterocycles. The van der Waals surface area contributed by atoms with E-state index in [0.29, 0.717) is 23.5 Å². The van der Waals surface area contributed by atoms with Gasteiger partial charge in [-0.1, -0.05) is 146 Å². The summed E-state index contributed by atoms with van der Waals surface area (Å²) in [4.78, 5) is 5.00. The van der Waals surface area contributed by atoms with Gasteiger partial charge in [-0.15, -0.1) is 0 Å². The summed E-state index contributed by atoms with van der Waals surface area (Å²) in [6, 6.07) is 54.7. The molecule has 0 fully saturated rings. The van der Waals surface area contributed by atoms with Gasteiger partial charge in [0.25, 0.3) is 0 Å². The molecule has 0 saturated heterocycles. The number of phenolic OH excluding ortho intramolecular Hbond substituents is 5. The number of fused-ring (bicyclic) bond motifs is 4. The molecule has 8 nitrogen and oxygen atoms in total. The van der Waals surface area contributed by atoms with Gasteiger partial charge >= 0.3 is 0 Å².